The Labute approximate surface area is 77.4 Å². The summed E-state index contributed by atoms with van der Waals surface area (Å²) in [5.74, 6) is -0.194. The van der Waals surface area contributed by atoms with Crippen LogP contribution in [0, 0.1) is 0 Å². The number of hydrogen-bond donors (Lipinski definition) is 1. The van der Waals surface area contributed by atoms with Crippen LogP contribution >= 0.6 is 0 Å². The molecule has 0 aliphatic rings. The molecule has 0 spiro atoms. The first-order valence-corrected chi connectivity index (χ1v) is 4.07. The molecule has 0 bridgehead atoms. The van der Waals surface area contributed by atoms with Gasteiger partial charge < -0.3 is 5.32 Å². The lowest BCUT2D eigenvalue weighted by Crippen LogP contribution is -2.40. The molecule has 0 fully saturated rings. The number of aromatic nitrogens is 2. The Morgan fingerprint density at radius 3 is 2.54 bits per heavy atom. The number of carbonyl (C=O) groups excluding carboxylic acids is 1. The second-order valence-electron chi connectivity index (χ2n) is 3.79. The minimum absolute atomic E-state index is 0.194. The summed E-state index contributed by atoms with van der Waals surface area (Å²) in [7, 11) is 0. The van der Waals surface area contributed by atoms with Crippen LogP contribution in [0.5, 0.6) is 0 Å². The predicted octanol–water partition coefficient (Wildman–Crippen LogP) is 1.00. The number of hydrogen-bond acceptors (Lipinski definition) is 3. The van der Waals surface area contributed by atoms with E-state index < -0.39 is 0 Å². The van der Waals surface area contributed by atoms with Gasteiger partial charge in [-0.2, -0.15) is 0 Å². The lowest BCUT2D eigenvalue weighted by atomic mass is 10.1. The molecule has 0 unspecified atom stereocenters. The summed E-state index contributed by atoms with van der Waals surface area (Å²) in [6.45, 7) is 5.75. The summed E-state index contributed by atoms with van der Waals surface area (Å²) in [4.78, 5) is 19.1. The Morgan fingerprint density at radius 2 is 2.08 bits per heavy atom. The Morgan fingerprint density at radius 1 is 1.38 bits per heavy atom. The van der Waals surface area contributed by atoms with Crippen molar-refractivity contribution in [3.8, 4) is 0 Å². The van der Waals surface area contributed by atoms with Crippen LogP contribution in [0.4, 0.5) is 0 Å². The van der Waals surface area contributed by atoms with E-state index in [1.54, 1.807) is 0 Å². The van der Waals surface area contributed by atoms with Crippen molar-refractivity contribution in [1.82, 2.24) is 15.3 Å². The summed E-state index contributed by atoms with van der Waals surface area (Å²) in [6.07, 6.45) is 4.48. The third-order valence-corrected chi connectivity index (χ3v) is 1.28. The average molecular weight is 179 g/mol. The lowest BCUT2D eigenvalue weighted by molar-refractivity contribution is 0.0914. The quantitative estimate of drug-likeness (QED) is 0.699. The van der Waals surface area contributed by atoms with Gasteiger partial charge in [-0.15, -0.1) is 0 Å². The van der Waals surface area contributed by atoms with E-state index in [-0.39, 0.29) is 11.4 Å². The molecule has 1 aromatic heterocycles. The Balaban J connectivity index is 2.71. The monoisotopic (exact) mass is 179 g/mol. The largest absolute Gasteiger partial charge is 0.346 e. The van der Waals surface area contributed by atoms with E-state index in [2.05, 4.69) is 15.3 Å². The number of nitrogens with one attached hydrogen (secondary N) is 1. The molecule has 1 rings (SSSR count). The van der Waals surface area contributed by atoms with Crippen LogP contribution in [-0.2, 0) is 0 Å². The first kappa shape index (κ1) is 9.64. The van der Waals surface area contributed by atoms with Gasteiger partial charge in [-0.3, -0.25) is 9.78 Å². The zero-order valence-electron chi connectivity index (χ0n) is 8.03. The van der Waals surface area contributed by atoms with Crippen molar-refractivity contribution in [2.24, 2.45) is 0 Å². The van der Waals surface area contributed by atoms with Gasteiger partial charge >= 0.3 is 0 Å². The molecule has 1 amide bonds. The molecule has 13 heavy (non-hydrogen) atoms. The predicted molar refractivity (Wildman–Crippen MR) is 49.3 cm³/mol. The maximum atomic E-state index is 11.4. The molecule has 0 saturated carbocycles. The van der Waals surface area contributed by atoms with Crippen LogP contribution < -0.4 is 5.32 Å². The third kappa shape index (κ3) is 3.19. The molecule has 4 heteroatoms. The van der Waals surface area contributed by atoms with E-state index in [0.29, 0.717) is 5.69 Å². The maximum Gasteiger partial charge on any atom is 0.271 e. The van der Waals surface area contributed by atoms with Crippen molar-refractivity contribution in [3.63, 3.8) is 0 Å². The average Bonchev–Trinajstić information content (AvgIpc) is 2.03. The highest BCUT2D eigenvalue weighted by atomic mass is 16.2. The van der Waals surface area contributed by atoms with E-state index in [1.165, 1.54) is 18.6 Å². The van der Waals surface area contributed by atoms with Gasteiger partial charge in [-0.25, -0.2) is 4.98 Å². The fourth-order valence-corrected chi connectivity index (χ4v) is 0.821. The van der Waals surface area contributed by atoms with Gasteiger partial charge in [0.05, 0.1) is 6.20 Å². The first-order valence-electron chi connectivity index (χ1n) is 4.07. The standard InChI is InChI=1S/C9H13N3O/c1-9(2,3)12-8(13)7-6-10-4-5-11-7/h4-6H,1-3H3,(H,12,13). The van der Waals surface area contributed by atoms with Crippen molar-refractivity contribution in [1.29, 1.82) is 0 Å². The van der Waals surface area contributed by atoms with E-state index in [4.69, 9.17) is 0 Å². The van der Waals surface area contributed by atoms with Crippen LogP contribution in [0.25, 0.3) is 0 Å². The Hall–Kier alpha value is -1.45. The summed E-state index contributed by atoms with van der Waals surface area (Å²) in [5, 5.41) is 2.79. The van der Waals surface area contributed by atoms with Crippen LogP contribution in [0.3, 0.4) is 0 Å². The summed E-state index contributed by atoms with van der Waals surface area (Å²) >= 11 is 0. The van der Waals surface area contributed by atoms with Gasteiger partial charge in [0.25, 0.3) is 5.91 Å². The van der Waals surface area contributed by atoms with E-state index in [1.807, 2.05) is 20.8 Å². The maximum absolute atomic E-state index is 11.4. The molecule has 1 N–H and O–H groups in total. The van der Waals surface area contributed by atoms with E-state index in [0.717, 1.165) is 0 Å². The molecule has 0 aliphatic carbocycles. The van der Waals surface area contributed by atoms with Crippen molar-refractivity contribution >= 4 is 5.91 Å². The van der Waals surface area contributed by atoms with Gasteiger partial charge in [-0.1, -0.05) is 0 Å². The van der Waals surface area contributed by atoms with E-state index in [9.17, 15) is 4.79 Å². The van der Waals surface area contributed by atoms with Gasteiger partial charge in [0.15, 0.2) is 0 Å². The summed E-state index contributed by atoms with van der Waals surface area (Å²) in [5.41, 5.74) is 0.103. The molecule has 1 heterocycles. The van der Waals surface area contributed by atoms with Gasteiger partial charge in [-0.05, 0) is 20.8 Å². The first-order chi connectivity index (χ1) is 5.99. The Bertz CT molecular complexity index is 289. The zero-order valence-corrected chi connectivity index (χ0v) is 8.03. The van der Waals surface area contributed by atoms with Crippen molar-refractivity contribution in [2.45, 2.75) is 26.3 Å². The number of carbonyl (C=O) groups is 1. The fraction of sp³-hybridized carbons (Fsp3) is 0.444. The highest BCUT2D eigenvalue weighted by Crippen LogP contribution is 2.00. The normalized spacial score (nSPS) is 11.0. The summed E-state index contributed by atoms with van der Waals surface area (Å²) < 4.78 is 0. The molecular formula is C9H13N3O. The molecule has 0 radical (unpaired) electrons. The molecule has 1 aromatic rings. The lowest BCUT2D eigenvalue weighted by Gasteiger charge is -2.19. The van der Waals surface area contributed by atoms with Crippen LogP contribution in [0.15, 0.2) is 18.6 Å². The van der Waals surface area contributed by atoms with Crippen molar-refractivity contribution in [3.05, 3.63) is 24.3 Å². The SMILES string of the molecule is CC(C)(C)NC(=O)c1cnccn1. The zero-order chi connectivity index (χ0) is 9.90. The number of amides is 1. The van der Waals surface area contributed by atoms with Crippen LogP contribution in [0.2, 0.25) is 0 Å². The molecule has 70 valence electrons. The topological polar surface area (TPSA) is 54.9 Å². The van der Waals surface area contributed by atoms with Crippen molar-refractivity contribution < 1.29 is 4.79 Å². The van der Waals surface area contributed by atoms with Gasteiger partial charge in [0.1, 0.15) is 5.69 Å². The molecule has 0 saturated heterocycles. The third-order valence-electron chi connectivity index (χ3n) is 1.28. The second kappa shape index (κ2) is 3.51. The van der Waals surface area contributed by atoms with E-state index >= 15 is 0 Å². The minimum Gasteiger partial charge on any atom is -0.346 e. The van der Waals surface area contributed by atoms with Gasteiger partial charge in [0, 0.05) is 17.9 Å². The molecule has 0 aliphatic heterocycles. The van der Waals surface area contributed by atoms with Crippen molar-refractivity contribution in [2.75, 3.05) is 0 Å². The number of rotatable bonds is 1. The Kier molecular flexibility index (Phi) is 2.60. The highest BCUT2D eigenvalue weighted by molar-refractivity contribution is 5.92. The van der Waals surface area contributed by atoms with Gasteiger partial charge in [0.2, 0.25) is 0 Å². The van der Waals surface area contributed by atoms with Crippen LogP contribution in [0.1, 0.15) is 31.3 Å². The second-order valence-corrected chi connectivity index (χ2v) is 3.79. The smallest absolute Gasteiger partial charge is 0.271 e. The molecule has 0 atom stereocenters. The molecule has 0 aromatic carbocycles. The fourth-order valence-electron chi connectivity index (χ4n) is 0.821. The number of nitrogens with zero attached hydrogens (tertiary/aromatic N) is 2. The highest BCUT2D eigenvalue weighted by Gasteiger charge is 2.15. The molecular weight excluding hydrogens is 166 g/mol. The summed E-state index contributed by atoms with van der Waals surface area (Å²) in [6, 6.07) is 0. The minimum atomic E-state index is -0.241. The van der Waals surface area contributed by atoms with Crippen LogP contribution in [-0.4, -0.2) is 21.4 Å². The molecule has 4 nitrogen and oxygen atoms in total.